The largest absolute Gasteiger partial charge is 0.494 e. The van der Waals surface area contributed by atoms with Crippen LogP contribution in [0.25, 0.3) is 33.5 Å². The summed E-state index contributed by atoms with van der Waals surface area (Å²) < 4.78 is 30.5. The summed E-state index contributed by atoms with van der Waals surface area (Å²) in [6, 6.07) is 9.30. The van der Waals surface area contributed by atoms with Crippen molar-refractivity contribution in [1.29, 1.82) is 0 Å². The number of carbonyl (C=O) groups excluding carboxylic acids is 1. The molecular weight excluding hydrogens is 433 g/mol. The normalized spacial score (nSPS) is 13.9. The van der Waals surface area contributed by atoms with Crippen molar-refractivity contribution < 1.29 is 18.7 Å². The number of hydrogen-bond donors (Lipinski definition) is 0. The van der Waals surface area contributed by atoms with Crippen LogP contribution in [0.5, 0.6) is 5.75 Å². The number of carbonyl (C=O) groups is 1. The number of aryl methyl sites for hydroxylation is 2. The molecule has 0 N–H and O–H groups in total. The Bertz CT molecular complexity index is 1410. The van der Waals surface area contributed by atoms with E-state index >= 15 is 4.39 Å². The second kappa shape index (κ2) is 8.46. The molecule has 34 heavy (non-hydrogen) atoms. The Morgan fingerprint density at radius 2 is 1.97 bits per heavy atom. The SMILES string of the molecule is CCc1ccc2cc(-c3nc4cc(C(=O)OC(C)C)cc(OC)c4n3C)n(CC3CC3)c2c1F. The van der Waals surface area contributed by atoms with Crippen LogP contribution >= 0.6 is 0 Å². The minimum atomic E-state index is -0.417. The Morgan fingerprint density at radius 3 is 2.62 bits per heavy atom. The van der Waals surface area contributed by atoms with Crippen molar-refractivity contribution in [2.75, 3.05) is 7.11 Å². The van der Waals surface area contributed by atoms with Crippen LogP contribution in [0, 0.1) is 11.7 Å². The topological polar surface area (TPSA) is 58.3 Å². The van der Waals surface area contributed by atoms with E-state index in [1.807, 2.05) is 50.6 Å². The molecule has 0 radical (unpaired) electrons. The van der Waals surface area contributed by atoms with Gasteiger partial charge in [-0.25, -0.2) is 14.2 Å². The van der Waals surface area contributed by atoms with Crippen molar-refractivity contribution in [3.05, 3.63) is 47.3 Å². The molecule has 0 aliphatic heterocycles. The Morgan fingerprint density at radius 1 is 1.21 bits per heavy atom. The maximum atomic E-state index is 15.5. The molecule has 2 aromatic carbocycles. The molecule has 178 valence electrons. The highest BCUT2D eigenvalue weighted by atomic mass is 19.1. The summed E-state index contributed by atoms with van der Waals surface area (Å²) in [5, 5.41) is 0.866. The number of halogens is 1. The summed E-state index contributed by atoms with van der Waals surface area (Å²) in [5.74, 6) is 1.23. The zero-order chi connectivity index (χ0) is 24.1. The van der Waals surface area contributed by atoms with Gasteiger partial charge in [0.05, 0.1) is 35.5 Å². The molecule has 1 aliphatic carbocycles. The molecule has 1 aliphatic rings. The lowest BCUT2D eigenvalue weighted by molar-refractivity contribution is 0.0377. The van der Waals surface area contributed by atoms with Gasteiger partial charge in [0.25, 0.3) is 0 Å². The predicted molar refractivity (Wildman–Crippen MR) is 131 cm³/mol. The first-order valence-corrected chi connectivity index (χ1v) is 11.9. The van der Waals surface area contributed by atoms with E-state index in [-0.39, 0.29) is 11.9 Å². The van der Waals surface area contributed by atoms with E-state index in [4.69, 9.17) is 14.5 Å². The number of aromatic nitrogens is 3. The van der Waals surface area contributed by atoms with E-state index in [1.165, 1.54) is 0 Å². The molecule has 5 rings (SSSR count). The third-order valence-corrected chi connectivity index (χ3v) is 6.56. The molecule has 7 heteroatoms. The van der Waals surface area contributed by atoms with Crippen LogP contribution in [0.2, 0.25) is 0 Å². The Hall–Kier alpha value is -3.35. The van der Waals surface area contributed by atoms with Crippen molar-refractivity contribution in [1.82, 2.24) is 14.1 Å². The number of methoxy groups -OCH3 is 1. The van der Waals surface area contributed by atoms with E-state index in [9.17, 15) is 4.79 Å². The Balaban J connectivity index is 1.72. The van der Waals surface area contributed by atoms with Gasteiger partial charge in [0.2, 0.25) is 0 Å². The van der Waals surface area contributed by atoms with Crippen LogP contribution in [0.3, 0.4) is 0 Å². The van der Waals surface area contributed by atoms with Crippen LogP contribution in [-0.4, -0.2) is 33.3 Å². The summed E-state index contributed by atoms with van der Waals surface area (Å²) in [7, 11) is 3.50. The third-order valence-electron chi connectivity index (χ3n) is 6.56. The second-order valence-electron chi connectivity index (χ2n) is 9.41. The average molecular weight is 464 g/mol. The molecular formula is C27H30FN3O3. The van der Waals surface area contributed by atoms with Gasteiger partial charge in [-0.3, -0.25) is 0 Å². The fourth-order valence-electron chi connectivity index (χ4n) is 4.66. The zero-order valence-electron chi connectivity index (χ0n) is 20.3. The molecule has 2 heterocycles. The summed E-state index contributed by atoms with van der Waals surface area (Å²) in [6.07, 6.45) is 2.73. The van der Waals surface area contributed by atoms with Gasteiger partial charge in [0.15, 0.2) is 11.6 Å². The van der Waals surface area contributed by atoms with Gasteiger partial charge in [0, 0.05) is 19.0 Å². The second-order valence-corrected chi connectivity index (χ2v) is 9.41. The number of rotatable bonds is 7. The molecule has 0 saturated heterocycles. The number of ether oxygens (including phenoxy) is 2. The van der Waals surface area contributed by atoms with Crippen molar-refractivity contribution in [3.63, 3.8) is 0 Å². The molecule has 6 nitrogen and oxygen atoms in total. The first-order valence-electron chi connectivity index (χ1n) is 11.9. The highest BCUT2D eigenvalue weighted by Gasteiger charge is 2.27. The molecule has 0 unspecified atom stereocenters. The van der Waals surface area contributed by atoms with Gasteiger partial charge in [-0.05, 0) is 62.8 Å². The van der Waals surface area contributed by atoms with Gasteiger partial charge in [-0.15, -0.1) is 0 Å². The number of esters is 1. The standard InChI is InChI=1S/C27H30FN3O3/c1-6-17-9-10-18-12-21(31(14-16-7-8-16)24(18)23(17)28)26-29-20-11-19(27(32)34-15(2)3)13-22(33-5)25(20)30(26)4/h9-13,15-16H,6-8,14H2,1-5H3. The van der Waals surface area contributed by atoms with Crippen LogP contribution in [0.15, 0.2) is 30.3 Å². The number of benzene rings is 2. The lowest BCUT2D eigenvalue weighted by Gasteiger charge is -2.12. The maximum absolute atomic E-state index is 15.5. The minimum Gasteiger partial charge on any atom is -0.494 e. The van der Waals surface area contributed by atoms with E-state index in [0.717, 1.165) is 36.0 Å². The van der Waals surface area contributed by atoms with Crippen molar-refractivity contribution in [2.45, 2.75) is 52.7 Å². The van der Waals surface area contributed by atoms with Gasteiger partial charge in [-0.2, -0.15) is 0 Å². The molecule has 1 fully saturated rings. The predicted octanol–water partition coefficient (Wildman–Crippen LogP) is 5.88. The number of nitrogens with zero attached hydrogens (tertiary/aromatic N) is 3. The summed E-state index contributed by atoms with van der Waals surface area (Å²) >= 11 is 0. The van der Waals surface area contributed by atoms with Gasteiger partial charge < -0.3 is 18.6 Å². The van der Waals surface area contributed by atoms with Crippen LogP contribution in [0.4, 0.5) is 4.39 Å². The lowest BCUT2D eigenvalue weighted by Crippen LogP contribution is -2.11. The van der Waals surface area contributed by atoms with E-state index in [1.54, 1.807) is 19.2 Å². The monoisotopic (exact) mass is 463 g/mol. The third kappa shape index (κ3) is 3.73. The maximum Gasteiger partial charge on any atom is 0.338 e. The van der Waals surface area contributed by atoms with Crippen LogP contribution < -0.4 is 4.74 Å². The molecule has 0 spiro atoms. The highest BCUT2D eigenvalue weighted by Crippen LogP contribution is 2.39. The van der Waals surface area contributed by atoms with Crippen molar-refractivity contribution in [2.24, 2.45) is 13.0 Å². The fourth-order valence-corrected chi connectivity index (χ4v) is 4.66. The lowest BCUT2D eigenvalue weighted by atomic mass is 10.1. The zero-order valence-corrected chi connectivity index (χ0v) is 20.3. The average Bonchev–Trinajstić information content (AvgIpc) is 3.46. The Labute approximate surface area is 198 Å². The smallest absolute Gasteiger partial charge is 0.338 e. The molecule has 4 aromatic rings. The first kappa shape index (κ1) is 22.4. The summed E-state index contributed by atoms with van der Waals surface area (Å²) in [6.45, 7) is 6.36. The van der Waals surface area contributed by atoms with Crippen molar-refractivity contribution in [3.8, 4) is 17.3 Å². The summed E-state index contributed by atoms with van der Waals surface area (Å²) in [5.41, 5.74) is 4.01. The van der Waals surface area contributed by atoms with Crippen LogP contribution in [-0.2, 0) is 24.8 Å². The summed E-state index contributed by atoms with van der Waals surface area (Å²) in [4.78, 5) is 17.5. The fraction of sp³-hybridized carbons (Fsp3) is 0.407. The molecule has 1 saturated carbocycles. The van der Waals surface area contributed by atoms with E-state index in [2.05, 4.69) is 4.57 Å². The van der Waals surface area contributed by atoms with Crippen molar-refractivity contribution >= 4 is 27.9 Å². The molecule has 0 atom stereocenters. The number of imidazole rings is 1. The van der Waals surface area contributed by atoms with E-state index < -0.39 is 5.97 Å². The van der Waals surface area contributed by atoms with Crippen LogP contribution in [0.1, 0.15) is 49.5 Å². The number of hydrogen-bond acceptors (Lipinski definition) is 4. The van der Waals surface area contributed by atoms with Gasteiger partial charge in [0.1, 0.15) is 11.3 Å². The first-order chi connectivity index (χ1) is 16.3. The molecule has 2 aromatic heterocycles. The highest BCUT2D eigenvalue weighted by molar-refractivity contribution is 5.97. The van der Waals surface area contributed by atoms with Gasteiger partial charge >= 0.3 is 5.97 Å². The Kier molecular flexibility index (Phi) is 5.58. The van der Waals surface area contributed by atoms with Gasteiger partial charge in [-0.1, -0.05) is 19.1 Å². The molecule has 0 bridgehead atoms. The molecule has 0 amide bonds. The minimum absolute atomic E-state index is 0.151. The number of fused-ring (bicyclic) bond motifs is 2. The van der Waals surface area contributed by atoms with E-state index in [0.29, 0.717) is 46.1 Å². The quantitative estimate of drug-likeness (QED) is 0.321.